The smallest absolute Gasteiger partial charge is 0.0715 e. The molecule has 11 heavy (non-hydrogen) atoms. The number of rotatable bonds is 5. The average molecular weight is 159 g/mol. The lowest BCUT2D eigenvalue weighted by Crippen LogP contribution is -2.40. The fraction of sp³-hybridized carbons (Fsp3) is 1.00. The van der Waals surface area contributed by atoms with Gasteiger partial charge in [0.1, 0.15) is 0 Å². The van der Waals surface area contributed by atoms with Gasteiger partial charge in [-0.05, 0) is 26.7 Å². The molecule has 0 fully saturated rings. The van der Waals surface area contributed by atoms with Gasteiger partial charge >= 0.3 is 0 Å². The van der Waals surface area contributed by atoms with Crippen LogP contribution in [0.4, 0.5) is 0 Å². The molecule has 0 aliphatic rings. The Hall–Kier alpha value is -0.0800. The fourth-order valence-electron chi connectivity index (χ4n) is 0.971. The molecule has 2 N–H and O–H groups in total. The number of hydrogen-bond acceptors (Lipinski definition) is 2. The molecular weight excluding hydrogens is 138 g/mol. The minimum atomic E-state index is -0.581. The van der Waals surface area contributed by atoms with Crippen LogP contribution in [0.1, 0.15) is 40.5 Å². The van der Waals surface area contributed by atoms with Gasteiger partial charge in [0.25, 0.3) is 0 Å². The Labute approximate surface area is 70.0 Å². The second-order valence-electron chi connectivity index (χ2n) is 3.71. The Morgan fingerprint density at radius 3 is 2.00 bits per heavy atom. The maximum absolute atomic E-state index is 9.40. The maximum atomic E-state index is 9.40. The van der Waals surface area contributed by atoms with Gasteiger partial charge in [0, 0.05) is 12.6 Å². The van der Waals surface area contributed by atoms with E-state index in [1.165, 1.54) is 0 Å². The van der Waals surface area contributed by atoms with E-state index >= 15 is 0 Å². The van der Waals surface area contributed by atoms with E-state index in [0.717, 1.165) is 12.8 Å². The van der Waals surface area contributed by atoms with Crippen LogP contribution in [0.5, 0.6) is 0 Å². The van der Waals surface area contributed by atoms with Gasteiger partial charge in [0.2, 0.25) is 0 Å². The van der Waals surface area contributed by atoms with Crippen molar-refractivity contribution in [3.8, 4) is 0 Å². The van der Waals surface area contributed by atoms with Crippen LogP contribution in [-0.2, 0) is 0 Å². The minimum Gasteiger partial charge on any atom is -0.389 e. The van der Waals surface area contributed by atoms with E-state index in [-0.39, 0.29) is 0 Å². The second-order valence-corrected chi connectivity index (χ2v) is 3.71. The Morgan fingerprint density at radius 1 is 1.27 bits per heavy atom. The van der Waals surface area contributed by atoms with Crippen molar-refractivity contribution in [2.45, 2.75) is 52.2 Å². The van der Waals surface area contributed by atoms with Crippen LogP contribution in [-0.4, -0.2) is 23.3 Å². The van der Waals surface area contributed by atoms with Crippen LogP contribution < -0.4 is 5.32 Å². The zero-order valence-electron chi connectivity index (χ0n) is 8.15. The lowest BCUT2D eigenvalue weighted by Gasteiger charge is -2.22. The fourth-order valence-corrected chi connectivity index (χ4v) is 0.971. The Kier molecular flexibility index (Phi) is 4.69. The van der Waals surface area contributed by atoms with Gasteiger partial charge in [0.15, 0.2) is 0 Å². The second kappa shape index (κ2) is 4.73. The summed E-state index contributed by atoms with van der Waals surface area (Å²) >= 11 is 0. The van der Waals surface area contributed by atoms with Crippen molar-refractivity contribution in [2.75, 3.05) is 6.54 Å². The molecule has 0 saturated carbocycles. The SMILES string of the molecule is CCC(CC)NCC(C)(C)O. The summed E-state index contributed by atoms with van der Waals surface area (Å²) in [7, 11) is 0. The van der Waals surface area contributed by atoms with Crippen molar-refractivity contribution in [3.05, 3.63) is 0 Å². The summed E-state index contributed by atoms with van der Waals surface area (Å²) in [6, 6.07) is 0.557. The van der Waals surface area contributed by atoms with Crippen LogP contribution >= 0.6 is 0 Å². The zero-order valence-corrected chi connectivity index (χ0v) is 8.15. The molecule has 0 aromatic carbocycles. The third kappa shape index (κ3) is 6.32. The summed E-state index contributed by atoms with van der Waals surface area (Å²) in [5.74, 6) is 0. The summed E-state index contributed by atoms with van der Waals surface area (Å²) in [6.45, 7) is 8.64. The molecule has 0 rings (SSSR count). The molecule has 0 aliphatic carbocycles. The van der Waals surface area contributed by atoms with Gasteiger partial charge in [0.05, 0.1) is 5.60 Å². The summed E-state index contributed by atoms with van der Waals surface area (Å²) < 4.78 is 0. The molecule has 0 unspecified atom stereocenters. The van der Waals surface area contributed by atoms with E-state index in [0.29, 0.717) is 12.6 Å². The summed E-state index contributed by atoms with van der Waals surface area (Å²) in [4.78, 5) is 0. The maximum Gasteiger partial charge on any atom is 0.0715 e. The molecule has 0 radical (unpaired) electrons. The number of aliphatic hydroxyl groups is 1. The van der Waals surface area contributed by atoms with Crippen molar-refractivity contribution < 1.29 is 5.11 Å². The molecule has 68 valence electrons. The zero-order chi connectivity index (χ0) is 8.91. The Morgan fingerprint density at radius 2 is 1.73 bits per heavy atom. The summed E-state index contributed by atoms with van der Waals surface area (Å²) in [5, 5.41) is 12.7. The van der Waals surface area contributed by atoms with E-state index in [1.807, 2.05) is 13.8 Å². The van der Waals surface area contributed by atoms with Crippen LogP contribution in [0.2, 0.25) is 0 Å². The van der Waals surface area contributed by atoms with Crippen molar-refractivity contribution in [2.24, 2.45) is 0 Å². The standard InChI is InChI=1S/C9H21NO/c1-5-8(6-2)10-7-9(3,4)11/h8,10-11H,5-7H2,1-4H3. The van der Waals surface area contributed by atoms with Crippen molar-refractivity contribution in [1.82, 2.24) is 5.32 Å². The van der Waals surface area contributed by atoms with Gasteiger partial charge in [-0.2, -0.15) is 0 Å². The third-order valence-corrected chi connectivity index (χ3v) is 1.81. The molecule has 0 aliphatic heterocycles. The van der Waals surface area contributed by atoms with Gasteiger partial charge in [-0.15, -0.1) is 0 Å². The predicted molar refractivity (Wildman–Crippen MR) is 48.7 cm³/mol. The molecule has 0 saturated heterocycles. The molecule has 0 spiro atoms. The molecular formula is C9H21NO. The molecule has 2 heteroatoms. The van der Waals surface area contributed by atoms with Gasteiger partial charge in [-0.3, -0.25) is 0 Å². The van der Waals surface area contributed by atoms with Crippen LogP contribution in [0, 0.1) is 0 Å². The molecule has 0 amide bonds. The van der Waals surface area contributed by atoms with Crippen molar-refractivity contribution in [1.29, 1.82) is 0 Å². The van der Waals surface area contributed by atoms with Crippen LogP contribution in [0.3, 0.4) is 0 Å². The molecule has 0 bridgehead atoms. The number of hydrogen-bond donors (Lipinski definition) is 2. The average Bonchev–Trinajstić information content (AvgIpc) is 1.88. The largest absolute Gasteiger partial charge is 0.389 e. The van der Waals surface area contributed by atoms with E-state index in [2.05, 4.69) is 19.2 Å². The van der Waals surface area contributed by atoms with Crippen molar-refractivity contribution in [3.63, 3.8) is 0 Å². The first kappa shape index (κ1) is 10.9. The van der Waals surface area contributed by atoms with Crippen molar-refractivity contribution >= 4 is 0 Å². The molecule has 0 aromatic heterocycles. The highest BCUT2D eigenvalue weighted by molar-refractivity contribution is 4.72. The number of nitrogens with one attached hydrogen (secondary N) is 1. The minimum absolute atomic E-state index is 0.557. The van der Waals surface area contributed by atoms with Gasteiger partial charge < -0.3 is 10.4 Å². The molecule has 0 heterocycles. The normalized spacial score (nSPS) is 12.5. The first-order chi connectivity index (χ1) is 4.99. The molecule has 0 aromatic rings. The topological polar surface area (TPSA) is 32.3 Å². The quantitative estimate of drug-likeness (QED) is 0.637. The van der Waals surface area contributed by atoms with E-state index in [1.54, 1.807) is 0 Å². The Balaban J connectivity index is 3.51. The highest BCUT2D eigenvalue weighted by atomic mass is 16.3. The highest BCUT2D eigenvalue weighted by Crippen LogP contribution is 2.01. The summed E-state index contributed by atoms with van der Waals surface area (Å²) in [5.41, 5.74) is -0.581. The lowest BCUT2D eigenvalue weighted by atomic mass is 10.1. The molecule has 0 atom stereocenters. The van der Waals surface area contributed by atoms with Crippen LogP contribution in [0.15, 0.2) is 0 Å². The van der Waals surface area contributed by atoms with E-state index < -0.39 is 5.60 Å². The van der Waals surface area contributed by atoms with E-state index in [9.17, 15) is 5.11 Å². The lowest BCUT2D eigenvalue weighted by molar-refractivity contribution is 0.0760. The van der Waals surface area contributed by atoms with Gasteiger partial charge in [-0.1, -0.05) is 13.8 Å². The van der Waals surface area contributed by atoms with Gasteiger partial charge in [-0.25, -0.2) is 0 Å². The third-order valence-electron chi connectivity index (χ3n) is 1.81. The summed E-state index contributed by atoms with van der Waals surface area (Å²) in [6.07, 6.45) is 2.26. The van der Waals surface area contributed by atoms with E-state index in [4.69, 9.17) is 0 Å². The Bertz CT molecular complexity index is 92.2. The monoisotopic (exact) mass is 159 g/mol. The van der Waals surface area contributed by atoms with Crippen LogP contribution in [0.25, 0.3) is 0 Å². The first-order valence-corrected chi connectivity index (χ1v) is 4.45. The predicted octanol–water partition coefficient (Wildman–Crippen LogP) is 1.54. The molecule has 2 nitrogen and oxygen atoms in total. The highest BCUT2D eigenvalue weighted by Gasteiger charge is 2.13. The first-order valence-electron chi connectivity index (χ1n) is 4.45.